The minimum absolute atomic E-state index is 0.186. The molecule has 1 amide bonds. The lowest BCUT2D eigenvalue weighted by Gasteiger charge is -2.32. The average molecular weight is 342 g/mol. The smallest absolute Gasteiger partial charge is 0.349 e. The van der Waals surface area contributed by atoms with Crippen LogP contribution in [0.1, 0.15) is 65.7 Å². The van der Waals surface area contributed by atoms with Crippen molar-refractivity contribution >= 4 is 5.91 Å². The lowest BCUT2D eigenvalue weighted by atomic mass is 9.83. The van der Waals surface area contributed by atoms with E-state index in [1.807, 2.05) is 17.6 Å². The van der Waals surface area contributed by atoms with Gasteiger partial charge < -0.3 is 13.9 Å². The number of piperidine rings is 1. The first-order valence-electron chi connectivity index (χ1n) is 8.91. The Labute approximate surface area is 145 Å². The van der Waals surface area contributed by atoms with Crippen LogP contribution in [0.25, 0.3) is 0 Å². The number of nitrogens with zero attached hydrogens (tertiary/aromatic N) is 4. The summed E-state index contributed by atoms with van der Waals surface area (Å²) < 4.78 is 7.44. The van der Waals surface area contributed by atoms with Crippen molar-refractivity contribution in [3.05, 3.63) is 46.0 Å². The second kappa shape index (κ2) is 6.46. The van der Waals surface area contributed by atoms with Gasteiger partial charge in [-0.3, -0.25) is 4.79 Å². The van der Waals surface area contributed by atoms with Gasteiger partial charge in [0.15, 0.2) is 0 Å². The number of hydrogen-bond acceptors (Lipinski definition) is 5. The van der Waals surface area contributed by atoms with Crippen LogP contribution in [0.5, 0.6) is 0 Å². The first kappa shape index (κ1) is 16.1. The molecule has 1 aliphatic heterocycles. The molecule has 0 atom stereocenters. The maximum atomic E-state index is 12.8. The zero-order valence-electron chi connectivity index (χ0n) is 14.4. The highest BCUT2D eigenvalue weighted by molar-refractivity contribution is 5.95. The lowest BCUT2D eigenvalue weighted by molar-refractivity contribution is 0.0688. The molecule has 1 aliphatic carbocycles. The fourth-order valence-electron chi connectivity index (χ4n) is 3.71. The van der Waals surface area contributed by atoms with Gasteiger partial charge in [-0.05, 0) is 44.2 Å². The number of hydrogen-bond donors (Lipinski definition) is 0. The van der Waals surface area contributed by atoms with Crippen LogP contribution >= 0.6 is 0 Å². The van der Waals surface area contributed by atoms with Gasteiger partial charge in [0.25, 0.3) is 5.91 Å². The van der Waals surface area contributed by atoms with E-state index >= 15 is 0 Å². The van der Waals surface area contributed by atoms with Crippen LogP contribution in [0.4, 0.5) is 0 Å². The molecular weight excluding hydrogens is 320 g/mol. The Morgan fingerprint density at radius 1 is 1.16 bits per heavy atom. The molecular formula is C18H22N4O3. The highest BCUT2D eigenvalue weighted by atomic mass is 16.4. The van der Waals surface area contributed by atoms with Gasteiger partial charge in [-0.25, -0.2) is 4.79 Å². The molecule has 0 spiro atoms. The minimum Gasteiger partial charge on any atom is -0.427 e. The Balaban J connectivity index is 1.49. The van der Waals surface area contributed by atoms with Crippen LogP contribution in [0.3, 0.4) is 0 Å². The van der Waals surface area contributed by atoms with Gasteiger partial charge in [0.2, 0.25) is 0 Å². The molecule has 2 aromatic heterocycles. The zero-order chi connectivity index (χ0) is 17.4. The monoisotopic (exact) mass is 342 g/mol. The molecule has 0 aromatic carbocycles. The number of rotatable bonds is 3. The average Bonchev–Trinajstić information content (AvgIpc) is 3.07. The van der Waals surface area contributed by atoms with E-state index in [4.69, 9.17) is 4.42 Å². The normalized spacial score (nSPS) is 19.0. The number of aryl methyl sites for hydroxylation is 1. The maximum absolute atomic E-state index is 12.8. The Morgan fingerprint density at radius 3 is 2.40 bits per heavy atom. The van der Waals surface area contributed by atoms with Crippen molar-refractivity contribution in [2.24, 2.45) is 0 Å². The maximum Gasteiger partial charge on any atom is 0.349 e. The zero-order valence-corrected chi connectivity index (χ0v) is 14.4. The van der Waals surface area contributed by atoms with E-state index < -0.39 is 5.63 Å². The summed E-state index contributed by atoms with van der Waals surface area (Å²) in [6, 6.07) is 2.18. The molecule has 7 heteroatoms. The molecule has 25 heavy (non-hydrogen) atoms. The highest BCUT2D eigenvalue weighted by Gasteiger charge is 2.29. The van der Waals surface area contributed by atoms with Crippen LogP contribution in [-0.2, 0) is 0 Å². The molecule has 3 heterocycles. The van der Waals surface area contributed by atoms with Crippen LogP contribution in [0, 0.1) is 6.92 Å². The second-order valence-corrected chi connectivity index (χ2v) is 7.05. The van der Waals surface area contributed by atoms with E-state index in [0.717, 1.165) is 37.0 Å². The SMILES string of the molecule is Cc1cc(C2CCC2)oc(=O)c1C(=O)N1CCC(n2cnnc2)CC1. The third-order valence-electron chi connectivity index (χ3n) is 5.50. The van der Waals surface area contributed by atoms with Crippen molar-refractivity contribution in [2.75, 3.05) is 13.1 Å². The first-order valence-corrected chi connectivity index (χ1v) is 8.91. The van der Waals surface area contributed by atoms with E-state index in [2.05, 4.69) is 10.2 Å². The Kier molecular flexibility index (Phi) is 4.15. The number of likely N-dealkylation sites (tertiary alicyclic amines) is 1. The quantitative estimate of drug-likeness (QED) is 0.855. The van der Waals surface area contributed by atoms with Crippen molar-refractivity contribution in [3.8, 4) is 0 Å². The summed E-state index contributed by atoms with van der Waals surface area (Å²) in [4.78, 5) is 27.0. The summed E-state index contributed by atoms with van der Waals surface area (Å²) in [5.41, 5.74) is 0.419. The van der Waals surface area contributed by atoms with Crippen LogP contribution in [0.15, 0.2) is 27.9 Å². The van der Waals surface area contributed by atoms with Crippen LogP contribution in [0.2, 0.25) is 0 Å². The fraction of sp³-hybridized carbons (Fsp3) is 0.556. The third-order valence-corrected chi connectivity index (χ3v) is 5.50. The predicted octanol–water partition coefficient (Wildman–Crippen LogP) is 2.28. The van der Waals surface area contributed by atoms with E-state index in [0.29, 0.717) is 25.0 Å². The highest BCUT2D eigenvalue weighted by Crippen LogP contribution is 2.36. The van der Waals surface area contributed by atoms with Gasteiger partial charge in [0.1, 0.15) is 24.0 Å². The fourth-order valence-corrected chi connectivity index (χ4v) is 3.71. The molecule has 132 valence electrons. The molecule has 2 aromatic rings. The standard InChI is InChI=1S/C18H22N4O3/c1-12-9-15(13-3-2-4-13)25-18(24)16(12)17(23)21-7-5-14(6-8-21)22-10-19-20-11-22/h9-11,13-14H,2-8H2,1H3. The predicted molar refractivity (Wildman–Crippen MR) is 90.5 cm³/mol. The van der Waals surface area contributed by atoms with Crippen molar-refractivity contribution in [1.29, 1.82) is 0 Å². The molecule has 2 aliphatic rings. The second-order valence-electron chi connectivity index (χ2n) is 7.05. The van der Waals surface area contributed by atoms with Gasteiger partial charge in [-0.1, -0.05) is 6.42 Å². The number of amides is 1. The van der Waals surface area contributed by atoms with Crippen molar-refractivity contribution in [2.45, 2.75) is 51.0 Å². The van der Waals surface area contributed by atoms with E-state index in [-0.39, 0.29) is 11.5 Å². The van der Waals surface area contributed by atoms with Crippen molar-refractivity contribution in [1.82, 2.24) is 19.7 Å². The number of carbonyl (C=O) groups is 1. The largest absolute Gasteiger partial charge is 0.427 e. The Bertz CT molecular complexity index is 815. The topological polar surface area (TPSA) is 81.2 Å². The molecule has 7 nitrogen and oxygen atoms in total. The van der Waals surface area contributed by atoms with Gasteiger partial charge in [-0.2, -0.15) is 0 Å². The van der Waals surface area contributed by atoms with Crippen molar-refractivity contribution < 1.29 is 9.21 Å². The molecule has 4 rings (SSSR count). The molecule has 0 bridgehead atoms. The third kappa shape index (κ3) is 2.99. The summed E-state index contributed by atoms with van der Waals surface area (Å²) in [5.74, 6) is 0.861. The van der Waals surface area contributed by atoms with E-state index in [1.54, 1.807) is 17.6 Å². The van der Waals surface area contributed by atoms with Crippen LogP contribution < -0.4 is 5.63 Å². The Hall–Kier alpha value is -2.44. The van der Waals surface area contributed by atoms with Crippen molar-refractivity contribution in [3.63, 3.8) is 0 Å². The van der Waals surface area contributed by atoms with Gasteiger partial charge in [0, 0.05) is 25.0 Å². The molecule has 1 saturated heterocycles. The van der Waals surface area contributed by atoms with Gasteiger partial charge in [0.05, 0.1) is 0 Å². The number of aromatic nitrogens is 3. The summed E-state index contributed by atoms with van der Waals surface area (Å²) in [7, 11) is 0. The molecule has 2 fully saturated rings. The summed E-state index contributed by atoms with van der Waals surface area (Å²) in [6.45, 7) is 3.06. The molecule has 0 unspecified atom stereocenters. The molecule has 0 N–H and O–H groups in total. The minimum atomic E-state index is -0.493. The summed E-state index contributed by atoms with van der Waals surface area (Å²) >= 11 is 0. The lowest BCUT2D eigenvalue weighted by Crippen LogP contribution is -2.41. The summed E-state index contributed by atoms with van der Waals surface area (Å²) in [6.07, 6.45) is 8.37. The number of carbonyl (C=O) groups excluding carboxylic acids is 1. The Morgan fingerprint density at radius 2 is 1.84 bits per heavy atom. The van der Waals surface area contributed by atoms with Crippen LogP contribution in [-0.4, -0.2) is 38.7 Å². The van der Waals surface area contributed by atoms with E-state index in [9.17, 15) is 9.59 Å². The first-order chi connectivity index (χ1) is 12.1. The molecule has 1 saturated carbocycles. The van der Waals surface area contributed by atoms with Gasteiger partial charge in [-0.15, -0.1) is 10.2 Å². The summed E-state index contributed by atoms with van der Waals surface area (Å²) in [5, 5.41) is 7.67. The van der Waals surface area contributed by atoms with Gasteiger partial charge >= 0.3 is 5.63 Å². The van der Waals surface area contributed by atoms with E-state index in [1.165, 1.54) is 6.42 Å². The molecule has 0 radical (unpaired) electrons.